The summed E-state index contributed by atoms with van der Waals surface area (Å²) >= 11 is 12.0. The minimum Gasteiger partial charge on any atom is -0.488 e. The molecule has 2 aromatic carbocycles. The van der Waals surface area contributed by atoms with Crippen LogP contribution in [0.2, 0.25) is 10.0 Å². The van der Waals surface area contributed by atoms with Crippen molar-refractivity contribution in [1.29, 1.82) is 0 Å². The summed E-state index contributed by atoms with van der Waals surface area (Å²) in [7, 11) is 0. The first kappa shape index (κ1) is 35.3. The van der Waals surface area contributed by atoms with Crippen LogP contribution in [0.25, 0.3) is 6.08 Å². The van der Waals surface area contributed by atoms with E-state index in [1.807, 2.05) is 6.92 Å². The molecule has 2 saturated heterocycles. The van der Waals surface area contributed by atoms with E-state index >= 15 is 0 Å². The molecule has 0 unspecified atom stereocenters. The van der Waals surface area contributed by atoms with Gasteiger partial charge in [-0.05, 0) is 54.8 Å². The van der Waals surface area contributed by atoms with Crippen LogP contribution in [-0.4, -0.2) is 94.8 Å². The molecule has 0 bridgehead atoms. The van der Waals surface area contributed by atoms with E-state index in [9.17, 15) is 29.6 Å². The number of carbonyl (C=O) groups excluding carboxylic acids is 1. The molecule has 0 radical (unpaired) electrons. The monoisotopic (exact) mass is 698 g/mol. The number of amides is 1. The van der Waals surface area contributed by atoms with Crippen molar-refractivity contribution in [2.45, 2.75) is 81.7 Å². The van der Waals surface area contributed by atoms with Gasteiger partial charge >= 0.3 is 0 Å². The van der Waals surface area contributed by atoms with Crippen LogP contribution in [0.15, 0.2) is 47.6 Å². The maximum absolute atomic E-state index is 13.7. The molecular weight excluding hydrogens is 662 g/mol. The summed E-state index contributed by atoms with van der Waals surface area (Å²) in [6.45, 7) is 3.34. The van der Waals surface area contributed by atoms with Crippen LogP contribution in [-0.2, 0) is 19.0 Å². The Morgan fingerprint density at radius 3 is 2.51 bits per heavy atom. The average Bonchev–Trinajstić information content (AvgIpc) is 3.67. The molecule has 9 atom stereocenters. The molecule has 47 heavy (non-hydrogen) atoms. The molecule has 1 aliphatic carbocycles. The molecule has 0 spiro atoms. The smallest absolute Gasteiger partial charge is 0.247 e. The Kier molecular flexibility index (Phi) is 11.3. The van der Waals surface area contributed by atoms with Crippen LogP contribution in [0, 0.1) is 5.82 Å². The lowest BCUT2D eigenvalue weighted by Crippen LogP contribution is -2.67. The SMILES string of the molecule is CCC(=CCOc1cc(F)cc(Cl)c1Cl)[C@H]1O[C@@H](Oc2ccc(C=C(C)C(=O)N[C@@H]3[C@H](O)[C@@H](O)[C@H]4OCO[C@H]4[C@@H]3O)cc2N)C[C@@H]1O. The van der Waals surface area contributed by atoms with E-state index < -0.39 is 66.8 Å². The van der Waals surface area contributed by atoms with E-state index in [4.69, 9.17) is 52.6 Å². The van der Waals surface area contributed by atoms with Crippen molar-refractivity contribution in [3.63, 3.8) is 0 Å². The number of nitrogens with one attached hydrogen (secondary N) is 1. The first-order valence-corrected chi connectivity index (χ1v) is 15.8. The number of nitrogen functional groups attached to an aromatic ring is 1. The number of rotatable bonds is 10. The summed E-state index contributed by atoms with van der Waals surface area (Å²) in [5, 5.41) is 44.9. The maximum atomic E-state index is 13.7. The summed E-state index contributed by atoms with van der Waals surface area (Å²) in [6, 6.07) is 5.91. The van der Waals surface area contributed by atoms with Gasteiger partial charge in [-0.25, -0.2) is 4.39 Å². The number of nitrogens with two attached hydrogens (primary N) is 1. The van der Waals surface area contributed by atoms with Gasteiger partial charge in [0.2, 0.25) is 12.2 Å². The Bertz CT molecular complexity index is 1530. The lowest BCUT2D eigenvalue weighted by atomic mass is 9.83. The number of hydrogen-bond donors (Lipinski definition) is 6. The van der Waals surface area contributed by atoms with Gasteiger partial charge in [-0.2, -0.15) is 0 Å². The zero-order valence-electron chi connectivity index (χ0n) is 25.5. The third kappa shape index (κ3) is 7.85. The highest BCUT2D eigenvalue weighted by atomic mass is 35.5. The molecule has 1 saturated carbocycles. The van der Waals surface area contributed by atoms with Crippen molar-refractivity contribution in [1.82, 2.24) is 5.32 Å². The second-order valence-corrected chi connectivity index (χ2v) is 12.3. The Labute approximate surface area is 280 Å². The minimum atomic E-state index is -1.47. The summed E-state index contributed by atoms with van der Waals surface area (Å²) in [5.41, 5.74) is 8.06. The second-order valence-electron chi connectivity index (χ2n) is 11.5. The summed E-state index contributed by atoms with van der Waals surface area (Å²) in [4.78, 5) is 12.9. The lowest BCUT2D eigenvalue weighted by Gasteiger charge is -2.41. The van der Waals surface area contributed by atoms with Gasteiger partial charge in [-0.1, -0.05) is 36.2 Å². The van der Waals surface area contributed by atoms with Gasteiger partial charge < -0.3 is 55.2 Å². The van der Waals surface area contributed by atoms with Gasteiger partial charge in [0.25, 0.3) is 0 Å². The molecular formula is C32H37Cl2FN2O10. The quantitative estimate of drug-likeness (QED) is 0.0929. The normalized spacial score (nSPS) is 31.0. The zero-order valence-corrected chi connectivity index (χ0v) is 27.0. The number of halogens is 3. The predicted octanol–water partition coefficient (Wildman–Crippen LogP) is 2.71. The van der Waals surface area contributed by atoms with Gasteiger partial charge in [0.05, 0.1) is 22.9 Å². The van der Waals surface area contributed by atoms with Crippen molar-refractivity contribution in [3.8, 4) is 11.5 Å². The third-order valence-electron chi connectivity index (χ3n) is 8.33. The Morgan fingerprint density at radius 1 is 1.09 bits per heavy atom. The zero-order chi connectivity index (χ0) is 34.0. The fourth-order valence-electron chi connectivity index (χ4n) is 5.82. The van der Waals surface area contributed by atoms with Gasteiger partial charge in [0, 0.05) is 18.1 Å². The molecule has 256 valence electrons. The molecule has 7 N–H and O–H groups in total. The van der Waals surface area contributed by atoms with Crippen molar-refractivity contribution in [3.05, 3.63) is 69.0 Å². The molecule has 2 aliphatic heterocycles. The van der Waals surface area contributed by atoms with Gasteiger partial charge in [-0.3, -0.25) is 4.79 Å². The van der Waals surface area contributed by atoms with E-state index in [-0.39, 0.29) is 46.9 Å². The fraction of sp³-hybridized carbons (Fsp3) is 0.469. The highest BCUT2D eigenvalue weighted by molar-refractivity contribution is 6.42. The molecule has 15 heteroatoms. The van der Waals surface area contributed by atoms with Crippen molar-refractivity contribution >= 4 is 40.9 Å². The minimum absolute atomic E-state index is 0.0337. The summed E-state index contributed by atoms with van der Waals surface area (Å²) in [6.07, 6.45) is -4.26. The van der Waals surface area contributed by atoms with E-state index in [1.165, 1.54) is 0 Å². The highest BCUT2D eigenvalue weighted by Gasteiger charge is 2.53. The third-order valence-corrected chi connectivity index (χ3v) is 9.12. The number of aliphatic hydroxyl groups excluding tert-OH is 4. The number of fused-ring (bicyclic) bond motifs is 1. The number of ether oxygens (including phenoxy) is 5. The van der Waals surface area contributed by atoms with E-state index in [2.05, 4.69) is 5.32 Å². The molecule has 3 aliphatic rings. The van der Waals surface area contributed by atoms with Crippen molar-refractivity contribution in [2.75, 3.05) is 19.1 Å². The first-order chi connectivity index (χ1) is 22.4. The number of anilines is 1. The van der Waals surface area contributed by atoms with Crippen LogP contribution >= 0.6 is 23.2 Å². The fourth-order valence-corrected chi connectivity index (χ4v) is 6.18. The second kappa shape index (κ2) is 15.1. The van der Waals surface area contributed by atoms with E-state index in [0.29, 0.717) is 17.7 Å². The first-order valence-electron chi connectivity index (χ1n) is 15.0. The molecule has 3 fully saturated rings. The van der Waals surface area contributed by atoms with Crippen LogP contribution in [0.4, 0.5) is 10.1 Å². The number of hydrogen-bond acceptors (Lipinski definition) is 11. The van der Waals surface area contributed by atoms with Crippen LogP contribution in [0.3, 0.4) is 0 Å². The summed E-state index contributed by atoms with van der Waals surface area (Å²) < 4.78 is 41.8. The predicted molar refractivity (Wildman–Crippen MR) is 169 cm³/mol. The van der Waals surface area contributed by atoms with Crippen molar-refractivity contribution in [2.24, 2.45) is 0 Å². The van der Waals surface area contributed by atoms with E-state index in [0.717, 1.165) is 17.7 Å². The van der Waals surface area contributed by atoms with Gasteiger partial charge in [-0.15, -0.1) is 0 Å². The molecule has 2 heterocycles. The molecule has 12 nitrogen and oxygen atoms in total. The largest absolute Gasteiger partial charge is 0.488 e. The maximum Gasteiger partial charge on any atom is 0.247 e. The lowest BCUT2D eigenvalue weighted by molar-refractivity contribution is -0.155. The van der Waals surface area contributed by atoms with Crippen LogP contribution in [0.5, 0.6) is 11.5 Å². The van der Waals surface area contributed by atoms with Gasteiger partial charge in [0.15, 0.2) is 0 Å². The Balaban J connectivity index is 1.18. The van der Waals surface area contributed by atoms with Crippen LogP contribution < -0.4 is 20.5 Å². The number of carbonyl (C=O) groups is 1. The number of benzene rings is 2. The standard InChI is InChI=1S/C32H37Cl2FN2O10/c1-3-16(6-7-43-22-11-17(35)10-18(33)24(22)34)29-20(38)12-23(47-29)46-21-5-4-15(9-19(21)36)8-14(2)32(42)37-25-26(39)28(41)31-30(27(25)40)44-13-45-31/h4-6,8-11,20,23,25-31,38-41H,3,7,12-13,36H2,1-2H3,(H,37,42)/t20-,23+,25+,26-,27+,28+,29+,30-,31+/m0/s1. The van der Waals surface area contributed by atoms with Crippen molar-refractivity contribution < 1.29 is 53.3 Å². The average molecular weight is 700 g/mol. The summed E-state index contributed by atoms with van der Waals surface area (Å²) in [5.74, 6) is -0.764. The van der Waals surface area contributed by atoms with Crippen LogP contribution in [0.1, 0.15) is 32.3 Å². The molecule has 5 rings (SSSR count). The topological polar surface area (TPSA) is 182 Å². The van der Waals surface area contributed by atoms with E-state index in [1.54, 1.807) is 37.3 Å². The Hall–Kier alpha value is -2.98. The van der Waals surface area contributed by atoms with Gasteiger partial charge in [0.1, 0.15) is 72.4 Å². The number of aliphatic hydroxyl groups is 4. The molecule has 2 aromatic rings. The Morgan fingerprint density at radius 2 is 1.81 bits per heavy atom. The molecule has 0 aromatic heterocycles. The highest BCUT2D eigenvalue weighted by Crippen LogP contribution is 2.35. The molecule has 1 amide bonds.